The second-order valence-corrected chi connectivity index (χ2v) is 1.80. The van der Waals surface area contributed by atoms with Crippen molar-refractivity contribution >= 4 is 5.71 Å². The van der Waals surface area contributed by atoms with Crippen LogP contribution in [0.25, 0.3) is 0 Å². The Hall–Kier alpha value is -0.330. The summed E-state index contributed by atoms with van der Waals surface area (Å²) in [6.45, 7) is 8.87. The normalized spacial score (nSPS) is 12.1. The SMILES string of the molecule is [CH2]C(CC)=NCCC. The van der Waals surface area contributed by atoms with Crippen LogP contribution < -0.4 is 0 Å². The number of hydrogen-bond acceptors (Lipinski definition) is 1. The first-order valence-corrected chi connectivity index (χ1v) is 3.16. The highest BCUT2D eigenvalue weighted by molar-refractivity contribution is 5.88. The maximum Gasteiger partial charge on any atom is 0.0386 e. The zero-order chi connectivity index (χ0) is 6.41. The first-order chi connectivity index (χ1) is 3.81. The van der Waals surface area contributed by atoms with Crippen molar-refractivity contribution in [2.24, 2.45) is 4.99 Å². The maximum atomic E-state index is 4.17. The van der Waals surface area contributed by atoms with Gasteiger partial charge in [-0.2, -0.15) is 0 Å². The monoisotopic (exact) mass is 112 g/mol. The average molecular weight is 112 g/mol. The molecule has 0 amide bonds. The molecule has 1 nitrogen and oxygen atoms in total. The third kappa shape index (κ3) is 3.85. The summed E-state index contributed by atoms with van der Waals surface area (Å²) >= 11 is 0. The lowest BCUT2D eigenvalue weighted by Gasteiger charge is -1.90. The van der Waals surface area contributed by atoms with E-state index in [-0.39, 0.29) is 0 Å². The molecule has 0 atom stereocenters. The molecule has 47 valence electrons. The zero-order valence-corrected chi connectivity index (χ0v) is 5.78. The molecule has 1 heteroatoms. The van der Waals surface area contributed by atoms with Gasteiger partial charge in [0.25, 0.3) is 0 Å². The zero-order valence-electron chi connectivity index (χ0n) is 5.78. The van der Waals surface area contributed by atoms with Crippen LogP contribution in [0.2, 0.25) is 0 Å². The molecule has 0 spiro atoms. The van der Waals surface area contributed by atoms with Gasteiger partial charge in [-0.05, 0) is 19.8 Å². The van der Waals surface area contributed by atoms with Crippen molar-refractivity contribution in [3.8, 4) is 0 Å². The fourth-order valence-electron chi connectivity index (χ4n) is 0.382. The van der Waals surface area contributed by atoms with Gasteiger partial charge in [-0.15, -0.1) is 0 Å². The highest BCUT2D eigenvalue weighted by Gasteiger charge is 1.81. The van der Waals surface area contributed by atoms with Crippen molar-refractivity contribution in [1.29, 1.82) is 0 Å². The summed E-state index contributed by atoms with van der Waals surface area (Å²) < 4.78 is 0. The minimum atomic E-state index is 0.937. The molecule has 0 heterocycles. The van der Waals surface area contributed by atoms with E-state index >= 15 is 0 Å². The van der Waals surface area contributed by atoms with Crippen LogP contribution in [0.5, 0.6) is 0 Å². The molecule has 0 aliphatic carbocycles. The van der Waals surface area contributed by atoms with Gasteiger partial charge in [0.15, 0.2) is 0 Å². The summed E-state index contributed by atoms with van der Waals surface area (Å²) in [5, 5.41) is 0. The molecule has 0 aliphatic heterocycles. The molecule has 1 radical (unpaired) electrons. The Morgan fingerprint density at radius 1 is 1.50 bits per heavy atom. The van der Waals surface area contributed by atoms with Gasteiger partial charge in [0.05, 0.1) is 0 Å². The quantitative estimate of drug-likeness (QED) is 0.496. The molecule has 8 heavy (non-hydrogen) atoms. The highest BCUT2D eigenvalue weighted by atomic mass is 14.7. The Balaban J connectivity index is 3.26. The molecule has 0 aromatic heterocycles. The highest BCUT2D eigenvalue weighted by Crippen LogP contribution is 1.84. The van der Waals surface area contributed by atoms with E-state index in [1.54, 1.807) is 0 Å². The number of rotatable bonds is 3. The lowest BCUT2D eigenvalue weighted by Crippen LogP contribution is -1.89. The first-order valence-electron chi connectivity index (χ1n) is 3.16. The third-order valence-corrected chi connectivity index (χ3v) is 0.967. The van der Waals surface area contributed by atoms with Crippen LogP contribution in [0.4, 0.5) is 0 Å². The minimum Gasteiger partial charge on any atom is -0.294 e. The van der Waals surface area contributed by atoms with Gasteiger partial charge in [0.1, 0.15) is 0 Å². The predicted molar refractivity (Wildman–Crippen MR) is 38.2 cm³/mol. The van der Waals surface area contributed by atoms with E-state index in [1.807, 2.05) is 0 Å². The lowest BCUT2D eigenvalue weighted by molar-refractivity contribution is 0.927. The molecule has 0 bridgehead atoms. The van der Waals surface area contributed by atoms with Crippen molar-refractivity contribution in [3.05, 3.63) is 6.92 Å². The molecule has 0 fully saturated rings. The number of hydrogen-bond donors (Lipinski definition) is 0. The van der Waals surface area contributed by atoms with E-state index in [9.17, 15) is 0 Å². The number of aliphatic imine (C=N–C) groups is 1. The Kier molecular flexibility index (Phi) is 4.62. The minimum absolute atomic E-state index is 0.937. The molecule has 0 saturated carbocycles. The third-order valence-electron chi connectivity index (χ3n) is 0.967. The van der Waals surface area contributed by atoms with Crippen molar-refractivity contribution in [3.63, 3.8) is 0 Å². The fourth-order valence-corrected chi connectivity index (χ4v) is 0.382. The summed E-state index contributed by atoms with van der Waals surface area (Å²) in [6, 6.07) is 0. The Bertz CT molecular complexity index is 74.5. The molecule has 0 aliphatic rings. The summed E-state index contributed by atoms with van der Waals surface area (Å²) in [4.78, 5) is 4.17. The molecule has 0 unspecified atom stereocenters. The second-order valence-electron chi connectivity index (χ2n) is 1.80. The maximum absolute atomic E-state index is 4.17. The van der Waals surface area contributed by atoms with Gasteiger partial charge >= 0.3 is 0 Å². The summed E-state index contributed by atoms with van der Waals surface area (Å²) in [6.07, 6.45) is 2.11. The van der Waals surface area contributed by atoms with Crippen LogP contribution in [0, 0.1) is 6.92 Å². The summed E-state index contributed by atoms with van der Waals surface area (Å²) in [7, 11) is 0. The first kappa shape index (κ1) is 7.67. The van der Waals surface area contributed by atoms with Gasteiger partial charge in [-0.3, -0.25) is 4.99 Å². The van der Waals surface area contributed by atoms with Crippen LogP contribution in [0.15, 0.2) is 4.99 Å². The van der Waals surface area contributed by atoms with E-state index in [2.05, 4.69) is 25.8 Å². The van der Waals surface area contributed by atoms with Crippen molar-refractivity contribution in [1.82, 2.24) is 0 Å². The van der Waals surface area contributed by atoms with Gasteiger partial charge in [0.2, 0.25) is 0 Å². The van der Waals surface area contributed by atoms with Crippen molar-refractivity contribution in [2.45, 2.75) is 26.7 Å². The molecule has 0 rings (SSSR count). The predicted octanol–water partition coefficient (Wildman–Crippen LogP) is 2.08. The fraction of sp³-hybridized carbons (Fsp3) is 0.714. The van der Waals surface area contributed by atoms with Crippen molar-refractivity contribution in [2.75, 3.05) is 6.54 Å². The van der Waals surface area contributed by atoms with E-state index in [4.69, 9.17) is 0 Å². The van der Waals surface area contributed by atoms with Gasteiger partial charge in [0, 0.05) is 12.3 Å². The summed E-state index contributed by atoms with van der Waals surface area (Å²) in [5.41, 5.74) is 1.02. The molecule has 0 saturated heterocycles. The smallest absolute Gasteiger partial charge is 0.0386 e. The Labute approximate surface area is 51.8 Å². The van der Waals surface area contributed by atoms with Crippen molar-refractivity contribution < 1.29 is 0 Å². The standard InChI is InChI=1S/C7H14N/c1-4-6-8-7(3)5-2/h3-6H2,1-2H3. The second kappa shape index (κ2) is 4.82. The van der Waals surface area contributed by atoms with Crippen LogP contribution in [-0.4, -0.2) is 12.3 Å². The van der Waals surface area contributed by atoms with Crippen LogP contribution in [0.1, 0.15) is 26.7 Å². The molecule has 0 aromatic rings. The van der Waals surface area contributed by atoms with E-state index in [0.29, 0.717) is 0 Å². The van der Waals surface area contributed by atoms with Crippen LogP contribution >= 0.6 is 0 Å². The lowest BCUT2D eigenvalue weighted by atomic mass is 10.3. The Morgan fingerprint density at radius 2 is 2.12 bits per heavy atom. The number of nitrogens with zero attached hydrogens (tertiary/aromatic N) is 1. The molecular formula is C7H14N. The molecule has 0 N–H and O–H groups in total. The largest absolute Gasteiger partial charge is 0.294 e. The summed E-state index contributed by atoms with van der Waals surface area (Å²) in [5.74, 6) is 0. The topological polar surface area (TPSA) is 12.4 Å². The van der Waals surface area contributed by atoms with Crippen LogP contribution in [0.3, 0.4) is 0 Å². The molecule has 0 aromatic carbocycles. The van der Waals surface area contributed by atoms with Crippen LogP contribution in [-0.2, 0) is 0 Å². The van der Waals surface area contributed by atoms with E-state index in [0.717, 1.165) is 25.1 Å². The van der Waals surface area contributed by atoms with Gasteiger partial charge in [-0.25, -0.2) is 0 Å². The van der Waals surface area contributed by atoms with Gasteiger partial charge < -0.3 is 0 Å². The molecular weight excluding hydrogens is 98.1 g/mol. The average Bonchev–Trinajstić information content (AvgIpc) is 1.83. The van der Waals surface area contributed by atoms with Gasteiger partial charge in [-0.1, -0.05) is 13.8 Å². The van der Waals surface area contributed by atoms with E-state index < -0.39 is 0 Å². The Morgan fingerprint density at radius 3 is 2.50 bits per heavy atom. The van der Waals surface area contributed by atoms with E-state index in [1.165, 1.54) is 0 Å².